The van der Waals surface area contributed by atoms with E-state index in [1.165, 1.54) is 11.0 Å². The number of benzene rings is 1. The molecule has 0 spiro atoms. The summed E-state index contributed by atoms with van der Waals surface area (Å²) in [5, 5.41) is 0. The van der Waals surface area contributed by atoms with Crippen LogP contribution in [0, 0.1) is 11.7 Å². The van der Waals surface area contributed by atoms with Gasteiger partial charge in [0.1, 0.15) is 18.2 Å². The fourth-order valence-electron chi connectivity index (χ4n) is 6.81. The molecule has 0 saturated carbocycles. The predicted octanol–water partition coefficient (Wildman–Crippen LogP) is 4.15. The first-order valence-electron chi connectivity index (χ1n) is 15.2. The topological polar surface area (TPSA) is 71.0 Å². The second-order valence-corrected chi connectivity index (χ2v) is 11.8. The van der Waals surface area contributed by atoms with Crippen molar-refractivity contribution in [3.05, 3.63) is 58.8 Å². The van der Waals surface area contributed by atoms with Gasteiger partial charge in [-0.25, -0.2) is 8.78 Å². The van der Waals surface area contributed by atoms with Crippen molar-refractivity contribution in [3.8, 4) is 6.01 Å². The van der Waals surface area contributed by atoms with E-state index in [1.54, 1.807) is 13.2 Å². The molecule has 2 saturated heterocycles. The first kappa shape index (κ1) is 30.4. The number of aromatic nitrogens is 2. The smallest absolute Gasteiger partial charge is 0.318 e. The van der Waals surface area contributed by atoms with E-state index in [1.807, 2.05) is 13.0 Å². The van der Waals surface area contributed by atoms with Crippen LogP contribution >= 0.6 is 0 Å². The average Bonchev–Trinajstić information content (AvgIpc) is 3.39. The molecule has 10 heteroatoms. The largest absolute Gasteiger partial charge is 0.462 e. The van der Waals surface area contributed by atoms with E-state index in [0.717, 1.165) is 73.3 Å². The highest BCUT2D eigenvalue weighted by molar-refractivity contribution is 5.91. The summed E-state index contributed by atoms with van der Waals surface area (Å²) in [4.78, 5) is 28.3. The molecule has 0 bridgehead atoms. The molecule has 3 heterocycles. The first-order chi connectivity index (χ1) is 20.3. The second kappa shape index (κ2) is 13.5. The van der Waals surface area contributed by atoms with Gasteiger partial charge in [0.2, 0.25) is 0 Å². The fraction of sp³-hybridized carbons (Fsp3) is 0.594. The number of hydrogen-bond donors (Lipinski definition) is 0. The highest BCUT2D eigenvalue weighted by Gasteiger charge is 2.35. The minimum Gasteiger partial charge on any atom is -0.462 e. The van der Waals surface area contributed by atoms with Gasteiger partial charge < -0.3 is 24.2 Å². The van der Waals surface area contributed by atoms with E-state index in [4.69, 9.17) is 19.4 Å². The van der Waals surface area contributed by atoms with E-state index < -0.39 is 11.7 Å². The third-order valence-electron chi connectivity index (χ3n) is 9.12. The van der Waals surface area contributed by atoms with Crippen molar-refractivity contribution in [1.82, 2.24) is 19.8 Å². The Labute approximate surface area is 247 Å². The van der Waals surface area contributed by atoms with E-state index in [9.17, 15) is 13.6 Å². The van der Waals surface area contributed by atoms with Crippen LogP contribution in [0.4, 0.5) is 14.6 Å². The van der Waals surface area contributed by atoms with Crippen LogP contribution in [0.1, 0.15) is 48.6 Å². The first-order valence-corrected chi connectivity index (χ1v) is 15.2. The Balaban J connectivity index is 1.42. The lowest BCUT2D eigenvalue weighted by Crippen LogP contribution is -2.57. The van der Waals surface area contributed by atoms with Gasteiger partial charge >= 0.3 is 6.01 Å². The molecular weight excluding hydrogens is 540 g/mol. The van der Waals surface area contributed by atoms with Crippen LogP contribution < -0.4 is 9.64 Å². The van der Waals surface area contributed by atoms with Crippen LogP contribution in [0.25, 0.3) is 0 Å². The molecular formula is C32H43F2N5O3. The molecule has 1 aromatic carbocycles. The van der Waals surface area contributed by atoms with Gasteiger partial charge in [-0.15, -0.1) is 0 Å². The molecule has 228 valence electrons. The fourth-order valence-corrected chi connectivity index (χ4v) is 6.81. The quantitative estimate of drug-likeness (QED) is 0.390. The van der Waals surface area contributed by atoms with Gasteiger partial charge in [0.15, 0.2) is 5.83 Å². The zero-order valence-electron chi connectivity index (χ0n) is 25.1. The number of fused-ring (bicyclic) bond motifs is 1. The zero-order valence-corrected chi connectivity index (χ0v) is 25.1. The van der Waals surface area contributed by atoms with Crippen LogP contribution in [0.3, 0.4) is 0 Å². The van der Waals surface area contributed by atoms with Crippen molar-refractivity contribution in [1.29, 1.82) is 0 Å². The summed E-state index contributed by atoms with van der Waals surface area (Å²) in [5.74, 6) is -0.652. The van der Waals surface area contributed by atoms with Gasteiger partial charge in [-0.1, -0.05) is 25.6 Å². The number of piperazine rings is 1. The molecule has 0 unspecified atom stereocenters. The van der Waals surface area contributed by atoms with Crippen molar-refractivity contribution >= 4 is 11.7 Å². The van der Waals surface area contributed by atoms with Crippen LogP contribution in [-0.2, 0) is 35.2 Å². The summed E-state index contributed by atoms with van der Waals surface area (Å²) >= 11 is 0. The summed E-state index contributed by atoms with van der Waals surface area (Å²) < 4.78 is 39.9. The molecule has 42 heavy (non-hydrogen) atoms. The maximum Gasteiger partial charge on any atom is 0.318 e. The third-order valence-corrected chi connectivity index (χ3v) is 9.12. The Hall–Kier alpha value is -3.11. The van der Waals surface area contributed by atoms with Gasteiger partial charge in [0, 0.05) is 38.3 Å². The number of halogens is 2. The van der Waals surface area contributed by atoms with Crippen molar-refractivity contribution in [3.63, 3.8) is 0 Å². The molecule has 0 N–H and O–H groups in total. The van der Waals surface area contributed by atoms with Gasteiger partial charge in [-0.2, -0.15) is 9.97 Å². The van der Waals surface area contributed by atoms with Gasteiger partial charge in [-0.3, -0.25) is 4.79 Å². The molecule has 1 aliphatic carbocycles. The number of carbonyl (C=O) groups is 1. The van der Waals surface area contributed by atoms with E-state index >= 15 is 0 Å². The van der Waals surface area contributed by atoms with Gasteiger partial charge in [-0.05, 0) is 81.6 Å². The summed E-state index contributed by atoms with van der Waals surface area (Å²) in [6.45, 7) is 8.34. The van der Waals surface area contributed by atoms with E-state index in [0.29, 0.717) is 50.6 Å². The number of nitrogens with zero attached hydrogens (tertiary/aromatic N) is 5. The predicted molar refractivity (Wildman–Crippen MR) is 158 cm³/mol. The second-order valence-electron chi connectivity index (χ2n) is 11.8. The molecule has 5 rings (SSSR count). The molecule has 2 aromatic rings. The van der Waals surface area contributed by atoms with Crippen molar-refractivity contribution in [2.75, 3.05) is 58.5 Å². The minimum absolute atomic E-state index is 0.136. The molecule has 0 radical (unpaired) electrons. The third kappa shape index (κ3) is 6.59. The minimum atomic E-state index is -0.966. The number of anilines is 1. The number of amides is 1. The lowest BCUT2D eigenvalue weighted by atomic mass is 9.82. The van der Waals surface area contributed by atoms with Crippen LogP contribution in [0.2, 0.25) is 0 Å². The van der Waals surface area contributed by atoms with Gasteiger partial charge in [0.05, 0.1) is 18.3 Å². The Morgan fingerprint density at radius 3 is 2.69 bits per heavy atom. The number of likely N-dealkylation sites (tertiary alicyclic amines) is 1. The molecule has 3 atom stereocenters. The molecule has 1 aromatic heterocycles. The van der Waals surface area contributed by atoms with Crippen molar-refractivity contribution in [2.45, 2.75) is 64.0 Å². The van der Waals surface area contributed by atoms with Crippen molar-refractivity contribution < 1.29 is 23.0 Å². The van der Waals surface area contributed by atoms with Gasteiger partial charge in [0.25, 0.3) is 5.91 Å². The molecule has 2 fully saturated rings. The standard InChI is InChI=1S/C32H43F2N5O3/c1-5-26-23(8-6-10-28(26)34)16-22-11-12-27-29(17-22)35-32(42-20-24-9-7-13-37(24)3)36-30(27)38-14-15-39(31(40)21(2)33)25(18-38)19-41-4/h6,8,10,22,24-25H,2,5,7,9,11-20H2,1,3-4H3/t22-,24-,25+/m0/s1. The van der Waals surface area contributed by atoms with Crippen LogP contribution in [0.5, 0.6) is 6.01 Å². The highest BCUT2D eigenvalue weighted by Crippen LogP contribution is 2.35. The number of ether oxygens (including phenoxy) is 2. The molecule has 8 nitrogen and oxygen atoms in total. The number of rotatable bonds is 10. The normalized spacial score (nSPS) is 22.7. The lowest BCUT2D eigenvalue weighted by Gasteiger charge is -2.42. The maximum atomic E-state index is 14.5. The summed E-state index contributed by atoms with van der Waals surface area (Å²) in [6, 6.07) is 5.73. The van der Waals surface area contributed by atoms with E-state index in [-0.39, 0.29) is 18.5 Å². The molecule has 2 aliphatic heterocycles. The van der Waals surface area contributed by atoms with Crippen LogP contribution in [-0.4, -0.2) is 91.3 Å². The Morgan fingerprint density at radius 1 is 1.14 bits per heavy atom. The SMILES string of the molecule is C=C(F)C(=O)N1CCN(c2nc(OC[C@@H]3CCCN3C)nc3c2CC[C@@H](Cc2cccc(F)c2CC)C3)C[C@@H]1COC. The maximum absolute atomic E-state index is 14.5. The Morgan fingerprint density at radius 2 is 1.98 bits per heavy atom. The Kier molecular flexibility index (Phi) is 9.73. The molecule has 1 amide bonds. The average molecular weight is 584 g/mol. The number of methoxy groups -OCH3 is 1. The summed E-state index contributed by atoms with van der Waals surface area (Å²) in [6.07, 6.45) is 6.19. The number of carbonyl (C=O) groups excluding carboxylic acids is 1. The lowest BCUT2D eigenvalue weighted by molar-refractivity contribution is -0.132. The number of hydrogen-bond acceptors (Lipinski definition) is 7. The van der Waals surface area contributed by atoms with E-state index in [2.05, 4.69) is 23.4 Å². The molecule has 3 aliphatic rings. The Bertz CT molecular complexity index is 1290. The zero-order chi connectivity index (χ0) is 29.8. The van der Waals surface area contributed by atoms with Crippen molar-refractivity contribution in [2.24, 2.45) is 5.92 Å². The number of likely N-dealkylation sites (N-methyl/N-ethyl adjacent to an activating group) is 1. The highest BCUT2D eigenvalue weighted by atomic mass is 19.1. The summed E-state index contributed by atoms with van der Waals surface area (Å²) in [5.41, 5.74) is 3.93. The monoisotopic (exact) mass is 583 g/mol. The van der Waals surface area contributed by atoms with Crippen LogP contribution in [0.15, 0.2) is 30.6 Å². The summed E-state index contributed by atoms with van der Waals surface area (Å²) in [7, 11) is 3.69.